The highest BCUT2D eigenvalue weighted by Crippen LogP contribution is 2.42. The maximum Gasteiger partial charge on any atom is 0.176 e. The van der Waals surface area contributed by atoms with Crippen LogP contribution in [0, 0.1) is 0 Å². The summed E-state index contributed by atoms with van der Waals surface area (Å²) in [7, 11) is 1.68. The second-order valence-electron chi connectivity index (χ2n) is 4.80. The number of nitrogens with zero attached hydrogens (tertiary/aromatic N) is 2. The van der Waals surface area contributed by atoms with Crippen LogP contribution in [0.1, 0.15) is 0 Å². The summed E-state index contributed by atoms with van der Waals surface area (Å²) in [6, 6.07) is 6.50. The number of benzene rings is 1. The average Bonchev–Trinajstić information content (AvgIpc) is 2.74. The number of hydrogen-bond donors (Lipinski definition) is 1. The third-order valence-electron chi connectivity index (χ3n) is 3.48. The Balaban J connectivity index is 1.94. The monoisotopic (exact) mass is 325 g/mol. The molecule has 2 aliphatic rings. The van der Waals surface area contributed by atoms with Gasteiger partial charge in [0, 0.05) is 23.3 Å². The molecule has 3 rings (SSSR count). The summed E-state index contributed by atoms with van der Waals surface area (Å²) >= 11 is 12.5. The minimum atomic E-state index is 0.376. The average molecular weight is 325 g/mol. The summed E-state index contributed by atoms with van der Waals surface area (Å²) in [6.07, 6.45) is 0. The Morgan fingerprint density at radius 2 is 2.35 bits per heavy atom. The first-order valence-corrected chi connectivity index (χ1v) is 8.07. The van der Waals surface area contributed by atoms with Crippen LogP contribution < -0.4 is 15.4 Å². The topological polar surface area (TPSA) is 41.7 Å². The summed E-state index contributed by atoms with van der Waals surface area (Å²) in [5, 5.41) is 0.803. The molecule has 2 heterocycles. The van der Waals surface area contributed by atoms with E-state index in [2.05, 4.69) is 15.9 Å². The Hall–Kier alpha value is -1.05. The lowest BCUT2D eigenvalue weighted by atomic mass is 10.2. The van der Waals surface area contributed by atoms with Gasteiger partial charge in [-0.2, -0.15) is 0 Å². The van der Waals surface area contributed by atoms with Crippen molar-refractivity contribution in [3.05, 3.63) is 18.2 Å². The maximum atomic E-state index is 5.65. The fourth-order valence-corrected chi connectivity index (χ4v) is 4.23. The first-order chi connectivity index (χ1) is 9.60. The Kier molecular flexibility index (Phi) is 3.74. The van der Waals surface area contributed by atoms with Gasteiger partial charge in [-0.25, -0.2) is 0 Å². The van der Waals surface area contributed by atoms with Crippen molar-refractivity contribution < 1.29 is 4.74 Å². The van der Waals surface area contributed by atoms with Crippen LogP contribution in [0.15, 0.2) is 23.1 Å². The van der Waals surface area contributed by atoms with Gasteiger partial charge in [-0.3, -0.25) is 0 Å². The molecule has 2 aliphatic heterocycles. The minimum absolute atomic E-state index is 0.376. The third-order valence-corrected chi connectivity index (χ3v) is 5.27. The van der Waals surface area contributed by atoms with Crippen molar-refractivity contribution in [3.63, 3.8) is 0 Å². The van der Waals surface area contributed by atoms with Crippen LogP contribution in [-0.2, 0) is 0 Å². The summed E-state index contributed by atoms with van der Waals surface area (Å²) in [5.74, 6) is 1.87. The summed E-state index contributed by atoms with van der Waals surface area (Å²) in [5.41, 5.74) is 6.78. The van der Waals surface area contributed by atoms with Gasteiger partial charge in [0.2, 0.25) is 0 Å². The van der Waals surface area contributed by atoms with Gasteiger partial charge in [0.15, 0.2) is 5.11 Å². The molecule has 0 amide bonds. The van der Waals surface area contributed by atoms with Gasteiger partial charge in [0.25, 0.3) is 0 Å². The van der Waals surface area contributed by atoms with Crippen molar-refractivity contribution in [2.45, 2.75) is 10.9 Å². The summed E-state index contributed by atoms with van der Waals surface area (Å²) in [6.45, 7) is 1.42. The molecule has 1 unspecified atom stereocenters. The fraction of sp³-hybridized carbons (Fsp3) is 0.385. The normalized spacial score (nSPS) is 20.6. The van der Waals surface area contributed by atoms with E-state index in [1.807, 2.05) is 23.9 Å². The molecule has 0 spiro atoms. The van der Waals surface area contributed by atoms with Crippen LogP contribution in [0.25, 0.3) is 0 Å². The Labute approximate surface area is 133 Å². The van der Waals surface area contributed by atoms with Crippen molar-refractivity contribution in [1.82, 2.24) is 4.90 Å². The zero-order chi connectivity index (χ0) is 14.3. The van der Waals surface area contributed by atoms with E-state index in [1.165, 1.54) is 4.90 Å². The zero-order valence-corrected chi connectivity index (χ0v) is 13.5. The molecule has 1 atom stereocenters. The van der Waals surface area contributed by atoms with E-state index in [0.29, 0.717) is 17.6 Å². The zero-order valence-electron chi connectivity index (χ0n) is 11.0. The van der Waals surface area contributed by atoms with Crippen LogP contribution in [0.4, 0.5) is 5.69 Å². The molecule has 1 saturated heterocycles. The second-order valence-corrected chi connectivity index (χ2v) is 6.75. The molecule has 0 aliphatic carbocycles. The van der Waals surface area contributed by atoms with Crippen LogP contribution >= 0.6 is 36.2 Å². The van der Waals surface area contributed by atoms with E-state index in [1.54, 1.807) is 7.11 Å². The van der Waals surface area contributed by atoms with Crippen molar-refractivity contribution >= 4 is 52.0 Å². The molecule has 0 saturated carbocycles. The van der Waals surface area contributed by atoms with Gasteiger partial charge in [-0.15, -0.1) is 11.8 Å². The Morgan fingerprint density at radius 3 is 3.05 bits per heavy atom. The molecular weight excluding hydrogens is 310 g/mol. The van der Waals surface area contributed by atoms with Gasteiger partial charge in [0.1, 0.15) is 5.75 Å². The molecule has 0 radical (unpaired) electrons. The number of ether oxygens (including phenoxy) is 1. The number of nitrogens with two attached hydrogens (primary N) is 1. The quantitative estimate of drug-likeness (QED) is 0.851. The molecule has 1 aromatic carbocycles. The van der Waals surface area contributed by atoms with Gasteiger partial charge >= 0.3 is 0 Å². The largest absolute Gasteiger partial charge is 0.497 e. The second kappa shape index (κ2) is 5.38. The summed E-state index contributed by atoms with van der Waals surface area (Å²) < 4.78 is 5.32. The van der Waals surface area contributed by atoms with Crippen LogP contribution in [0.3, 0.4) is 0 Å². The predicted octanol–water partition coefficient (Wildman–Crippen LogP) is 1.86. The molecule has 2 N–H and O–H groups in total. The smallest absolute Gasteiger partial charge is 0.176 e. The Bertz CT molecular complexity index is 578. The molecule has 4 nitrogen and oxygen atoms in total. The van der Waals surface area contributed by atoms with E-state index in [-0.39, 0.29) is 0 Å². The first-order valence-electron chi connectivity index (χ1n) is 6.27. The number of anilines is 1. The number of methoxy groups -OCH3 is 1. The van der Waals surface area contributed by atoms with Crippen LogP contribution in [0.5, 0.6) is 5.75 Å². The molecule has 106 valence electrons. The summed E-state index contributed by atoms with van der Waals surface area (Å²) in [4.78, 5) is 6.01. The van der Waals surface area contributed by atoms with Crippen molar-refractivity contribution in [1.29, 1.82) is 0 Å². The minimum Gasteiger partial charge on any atom is -0.497 e. The van der Waals surface area contributed by atoms with Gasteiger partial charge in [-0.05, 0) is 24.4 Å². The number of hydrogen-bond acceptors (Lipinski definition) is 4. The predicted molar refractivity (Wildman–Crippen MR) is 90.9 cm³/mol. The number of fused-ring (bicyclic) bond motifs is 3. The number of thiocarbonyl (C=S) groups is 2. The molecule has 7 heteroatoms. The van der Waals surface area contributed by atoms with E-state index in [0.717, 1.165) is 28.8 Å². The lowest BCUT2D eigenvalue weighted by Gasteiger charge is -2.31. The van der Waals surface area contributed by atoms with Crippen LogP contribution in [0.2, 0.25) is 0 Å². The molecular formula is C13H15N3OS3. The third kappa shape index (κ3) is 2.34. The van der Waals surface area contributed by atoms with Gasteiger partial charge < -0.3 is 20.3 Å². The van der Waals surface area contributed by atoms with Crippen molar-refractivity contribution in [2.24, 2.45) is 5.73 Å². The molecule has 0 bridgehead atoms. The van der Waals surface area contributed by atoms with Gasteiger partial charge in [-0.1, -0.05) is 12.2 Å². The maximum absolute atomic E-state index is 5.65. The number of rotatable bonds is 3. The van der Waals surface area contributed by atoms with Crippen molar-refractivity contribution in [2.75, 3.05) is 30.9 Å². The highest BCUT2D eigenvalue weighted by molar-refractivity contribution is 7.99. The Morgan fingerprint density at radius 1 is 1.55 bits per heavy atom. The van der Waals surface area contributed by atoms with E-state index >= 15 is 0 Å². The number of thioether (sulfide) groups is 1. The highest BCUT2D eigenvalue weighted by Gasteiger charge is 2.39. The SMILES string of the molecule is COc1ccc2c(c1)N1C(=S)N(CC(N)=S)CC1CS2. The standard InChI is InChI=1S/C13H15N3OS3/c1-17-9-2-3-11-10(4-9)16-8(7-20-11)5-15(13(16)19)6-12(14)18/h2-4,8H,5-7H2,1H3,(H2,14,18). The highest BCUT2D eigenvalue weighted by atomic mass is 32.2. The molecule has 20 heavy (non-hydrogen) atoms. The van der Waals surface area contributed by atoms with E-state index in [9.17, 15) is 0 Å². The fourth-order valence-electron chi connectivity index (χ4n) is 2.59. The van der Waals surface area contributed by atoms with E-state index in [4.69, 9.17) is 34.9 Å². The van der Waals surface area contributed by atoms with Crippen LogP contribution in [-0.4, -0.2) is 47.0 Å². The molecule has 1 fully saturated rings. The molecule has 0 aromatic heterocycles. The lowest BCUT2D eigenvalue weighted by molar-refractivity contribution is 0.414. The lowest BCUT2D eigenvalue weighted by Crippen LogP contribution is -2.39. The van der Waals surface area contributed by atoms with E-state index < -0.39 is 0 Å². The van der Waals surface area contributed by atoms with Crippen molar-refractivity contribution in [3.8, 4) is 5.75 Å². The van der Waals surface area contributed by atoms with Gasteiger partial charge in [0.05, 0.1) is 30.4 Å². The molecule has 1 aromatic rings. The first kappa shape index (κ1) is 13.9.